The third-order valence-corrected chi connectivity index (χ3v) is 7.93. The third kappa shape index (κ3) is 9.68. The lowest BCUT2D eigenvalue weighted by Gasteiger charge is -2.23. The lowest BCUT2D eigenvalue weighted by Crippen LogP contribution is -2.29. The number of ether oxygens (including phenoxy) is 2. The number of hydrogen-bond donors (Lipinski definition) is 5. The summed E-state index contributed by atoms with van der Waals surface area (Å²) in [6, 6.07) is 13.1. The number of urea groups is 1. The van der Waals surface area contributed by atoms with E-state index in [0.29, 0.717) is 12.2 Å². The molecule has 0 fully saturated rings. The smallest absolute Gasteiger partial charge is 0.319 e. The molecule has 15 heteroatoms. The second-order valence-electron chi connectivity index (χ2n) is 9.78. The van der Waals surface area contributed by atoms with Gasteiger partial charge in [0, 0.05) is 37.2 Å². The van der Waals surface area contributed by atoms with E-state index in [9.17, 15) is 28.4 Å². The summed E-state index contributed by atoms with van der Waals surface area (Å²) in [4.78, 5) is 24.8. The Hall–Kier alpha value is -4.62. The third-order valence-electron chi connectivity index (χ3n) is 6.53. The van der Waals surface area contributed by atoms with E-state index in [4.69, 9.17) is 14.6 Å². The predicted molar refractivity (Wildman–Crippen MR) is 165 cm³/mol. The predicted octanol–water partition coefficient (Wildman–Crippen LogP) is 4.33. The molecular weight excluding hydrogens is 604 g/mol. The molecule has 0 saturated carbocycles. The van der Waals surface area contributed by atoms with Gasteiger partial charge in [0.1, 0.15) is 23.1 Å². The van der Waals surface area contributed by atoms with Crippen molar-refractivity contribution < 1.29 is 37.7 Å². The van der Waals surface area contributed by atoms with Gasteiger partial charge in [-0.05, 0) is 61.4 Å². The number of nitrogens with zero attached hydrogens (tertiary/aromatic N) is 3. The zero-order valence-corrected chi connectivity index (χ0v) is 25.8. The Balaban J connectivity index is 1.74. The number of rotatable bonds is 16. The van der Waals surface area contributed by atoms with Crippen LogP contribution in [0.1, 0.15) is 26.2 Å². The lowest BCUT2D eigenvalue weighted by molar-refractivity contribution is -0.119. The molecule has 5 N–H and O–H groups in total. The minimum absolute atomic E-state index is 0.0440. The van der Waals surface area contributed by atoms with E-state index < -0.39 is 27.5 Å². The van der Waals surface area contributed by atoms with Crippen LogP contribution in [0.4, 0.5) is 21.9 Å². The quantitative estimate of drug-likeness (QED) is 0.130. The molecule has 0 spiro atoms. The van der Waals surface area contributed by atoms with Crippen molar-refractivity contribution in [3.63, 3.8) is 0 Å². The SMILES string of the molecule is CCCCNC(=O)Nc1ccc(NS(=O)(=O)c2ccc(/N=N/C3=C(O)C(CCOCCO)C(=O)C(C#N)=C3COC)cc2)cc1. The first kappa shape index (κ1) is 34.9. The van der Waals surface area contributed by atoms with Gasteiger partial charge in [-0.3, -0.25) is 9.52 Å². The molecule has 2 amide bonds. The molecule has 240 valence electrons. The fraction of sp³-hybridized carbons (Fsp3) is 0.367. The maximum absolute atomic E-state index is 13.0. The second-order valence-corrected chi connectivity index (χ2v) is 11.5. The number of benzene rings is 2. The molecule has 1 aliphatic rings. The van der Waals surface area contributed by atoms with Gasteiger partial charge in [-0.2, -0.15) is 10.4 Å². The van der Waals surface area contributed by atoms with E-state index in [-0.39, 0.29) is 72.0 Å². The van der Waals surface area contributed by atoms with Crippen molar-refractivity contribution in [3.05, 3.63) is 71.1 Å². The van der Waals surface area contributed by atoms with Gasteiger partial charge in [0.05, 0.1) is 36.3 Å². The average molecular weight is 641 g/mol. The Kier molecular flexibility index (Phi) is 13.2. The van der Waals surface area contributed by atoms with Gasteiger partial charge >= 0.3 is 6.03 Å². The van der Waals surface area contributed by atoms with Crippen LogP contribution in [0.25, 0.3) is 0 Å². The monoisotopic (exact) mass is 640 g/mol. The number of unbranched alkanes of at least 4 members (excludes halogenated alkanes) is 1. The van der Waals surface area contributed by atoms with Gasteiger partial charge in [0.25, 0.3) is 10.0 Å². The number of anilines is 2. The number of carbonyl (C=O) groups is 2. The van der Waals surface area contributed by atoms with Gasteiger partial charge < -0.3 is 30.3 Å². The number of nitrogens with one attached hydrogen (secondary N) is 3. The molecule has 0 saturated heterocycles. The van der Waals surface area contributed by atoms with Crippen LogP contribution in [0, 0.1) is 17.2 Å². The fourth-order valence-electron chi connectivity index (χ4n) is 4.23. The summed E-state index contributed by atoms with van der Waals surface area (Å²) in [7, 11) is -2.61. The summed E-state index contributed by atoms with van der Waals surface area (Å²) in [5, 5.41) is 43.1. The van der Waals surface area contributed by atoms with Crippen molar-refractivity contribution in [1.82, 2.24) is 5.32 Å². The highest BCUT2D eigenvalue weighted by atomic mass is 32.2. The molecule has 2 aromatic rings. The molecule has 0 aliphatic heterocycles. The number of allylic oxidation sites excluding steroid dienone is 2. The van der Waals surface area contributed by atoms with E-state index in [1.807, 2.05) is 13.0 Å². The summed E-state index contributed by atoms with van der Waals surface area (Å²) in [5.74, 6) is -2.10. The zero-order valence-electron chi connectivity index (χ0n) is 24.9. The van der Waals surface area contributed by atoms with Crippen LogP contribution in [-0.4, -0.2) is 70.5 Å². The number of nitriles is 1. The standard InChI is InChI=1S/C30H36N6O8S/c1-3-4-14-32-30(40)33-20-5-7-22(8-6-20)36-45(41,42)23-11-9-21(10-12-23)34-35-27-26(19-43-2)25(18-31)28(38)24(29(27)39)13-16-44-17-15-37/h5-12,24,36-37,39H,3-4,13-17,19H2,1-2H3,(H2,32,33,40)/b35-34+. The van der Waals surface area contributed by atoms with Crippen LogP contribution < -0.4 is 15.4 Å². The lowest BCUT2D eigenvalue weighted by atomic mass is 9.84. The van der Waals surface area contributed by atoms with E-state index >= 15 is 0 Å². The molecule has 1 atom stereocenters. The maximum Gasteiger partial charge on any atom is 0.319 e. The number of aliphatic hydroxyl groups excluding tert-OH is 2. The van der Waals surface area contributed by atoms with Crippen LogP contribution in [-0.2, 0) is 24.3 Å². The van der Waals surface area contributed by atoms with Crippen LogP contribution in [0.5, 0.6) is 0 Å². The highest BCUT2D eigenvalue weighted by Gasteiger charge is 2.37. The van der Waals surface area contributed by atoms with Crippen LogP contribution >= 0.6 is 0 Å². The Bertz CT molecular complexity index is 1580. The topological polar surface area (TPSA) is 212 Å². The van der Waals surface area contributed by atoms with E-state index in [1.54, 1.807) is 12.1 Å². The first-order chi connectivity index (χ1) is 21.6. The molecule has 0 aromatic heterocycles. The summed E-state index contributed by atoms with van der Waals surface area (Å²) in [5.41, 5.74) is 0.763. The average Bonchev–Trinajstić information content (AvgIpc) is 3.02. The van der Waals surface area contributed by atoms with Crippen molar-refractivity contribution in [3.8, 4) is 6.07 Å². The van der Waals surface area contributed by atoms with Crippen molar-refractivity contribution in [1.29, 1.82) is 5.26 Å². The highest BCUT2D eigenvalue weighted by molar-refractivity contribution is 7.92. The second kappa shape index (κ2) is 17.0. The molecule has 0 heterocycles. The first-order valence-electron chi connectivity index (χ1n) is 14.1. The van der Waals surface area contributed by atoms with Gasteiger partial charge in [0.15, 0.2) is 5.78 Å². The Morgan fingerprint density at radius 2 is 1.76 bits per heavy atom. The molecule has 14 nitrogen and oxygen atoms in total. The van der Waals surface area contributed by atoms with Gasteiger partial charge in [-0.25, -0.2) is 13.2 Å². The van der Waals surface area contributed by atoms with Gasteiger partial charge in [-0.15, -0.1) is 5.11 Å². The summed E-state index contributed by atoms with van der Waals surface area (Å²) in [6.45, 7) is 2.28. The number of ketones is 1. The Morgan fingerprint density at radius 1 is 1.07 bits per heavy atom. The van der Waals surface area contributed by atoms with Crippen molar-refractivity contribution in [2.24, 2.45) is 16.1 Å². The van der Waals surface area contributed by atoms with E-state index in [1.165, 1.54) is 43.5 Å². The number of azo groups is 1. The maximum atomic E-state index is 13.0. The molecule has 0 radical (unpaired) electrons. The fourth-order valence-corrected chi connectivity index (χ4v) is 5.29. The molecule has 3 rings (SSSR count). The number of amides is 2. The van der Waals surface area contributed by atoms with E-state index in [2.05, 4.69) is 25.6 Å². The Labute approximate surface area is 261 Å². The number of methoxy groups -OCH3 is 1. The number of hydrogen-bond acceptors (Lipinski definition) is 11. The van der Waals surface area contributed by atoms with Gasteiger partial charge in [0.2, 0.25) is 0 Å². The molecule has 1 unspecified atom stereocenters. The van der Waals surface area contributed by atoms with Crippen molar-refractivity contribution in [2.75, 3.05) is 50.1 Å². The number of carbonyl (C=O) groups excluding carboxylic acids is 2. The molecule has 2 aromatic carbocycles. The normalized spacial score (nSPS) is 15.3. The minimum atomic E-state index is -3.97. The van der Waals surface area contributed by atoms with Crippen LogP contribution in [0.2, 0.25) is 0 Å². The van der Waals surface area contributed by atoms with Crippen molar-refractivity contribution in [2.45, 2.75) is 31.1 Å². The number of aliphatic hydroxyl groups is 2. The minimum Gasteiger partial charge on any atom is -0.509 e. The molecular formula is C30H36N6O8S. The van der Waals surface area contributed by atoms with Gasteiger partial charge in [-0.1, -0.05) is 13.3 Å². The highest BCUT2D eigenvalue weighted by Crippen LogP contribution is 2.34. The summed E-state index contributed by atoms with van der Waals surface area (Å²) in [6.07, 6.45) is 1.86. The van der Waals surface area contributed by atoms with Crippen LogP contribution in [0.3, 0.4) is 0 Å². The number of sulfonamides is 1. The summed E-state index contributed by atoms with van der Waals surface area (Å²) < 4.78 is 38.7. The molecule has 0 bridgehead atoms. The van der Waals surface area contributed by atoms with Crippen molar-refractivity contribution >= 4 is 38.9 Å². The first-order valence-corrected chi connectivity index (χ1v) is 15.6. The molecule has 1 aliphatic carbocycles. The summed E-state index contributed by atoms with van der Waals surface area (Å²) >= 11 is 0. The van der Waals surface area contributed by atoms with E-state index in [0.717, 1.165) is 12.8 Å². The van der Waals surface area contributed by atoms with Crippen LogP contribution in [0.15, 0.2) is 86.3 Å². The zero-order chi connectivity index (χ0) is 32.8. The Morgan fingerprint density at radius 3 is 2.38 bits per heavy atom. The molecule has 45 heavy (non-hydrogen) atoms. The number of Topliss-reactive ketones (excluding diaryl/α,β-unsaturated/α-hetero) is 1. The largest absolute Gasteiger partial charge is 0.509 e.